The Bertz CT molecular complexity index is 946. The fourth-order valence-corrected chi connectivity index (χ4v) is 3.81. The zero-order chi connectivity index (χ0) is 18.8. The van der Waals surface area contributed by atoms with Gasteiger partial charge in [-0.25, -0.2) is 4.68 Å². The van der Waals surface area contributed by atoms with Gasteiger partial charge in [-0.15, -0.1) is 0 Å². The van der Waals surface area contributed by atoms with Gasteiger partial charge in [0.15, 0.2) is 0 Å². The highest BCUT2D eigenvalue weighted by molar-refractivity contribution is 9.10. The van der Waals surface area contributed by atoms with Crippen molar-refractivity contribution in [1.29, 1.82) is 0 Å². The topological polar surface area (TPSA) is 41.4 Å². The molecule has 0 atom stereocenters. The summed E-state index contributed by atoms with van der Waals surface area (Å²) in [6, 6.07) is 20.0. The molecular weight excluding hydrogens is 404 g/mol. The lowest BCUT2D eigenvalue weighted by molar-refractivity contribution is 0.0737. The van der Waals surface area contributed by atoms with Gasteiger partial charge >= 0.3 is 0 Å². The summed E-state index contributed by atoms with van der Waals surface area (Å²) in [5, 5.41) is 4.52. The molecule has 1 saturated heterocycles. The molecule has 0 unspecified atom stereocenters. The molecule has 1 fully saturated rings. The Morgan fingerprint density at radius 1 is 0.926 bits per heavy atom. The molecule has 0 spiro atoms. The summed E-state index contributed by atoms with van der Waals surface area (Å²) in [5.41, 5.74) is 3.55. The molecule has 0 bridgehead atoms. The summed E-state index contributed by atoms with van der Waals surface area (Å²) in [6.07, 6.45) is 0. The standard InChI is InChI=1S/C21H21BrN4O/c1-16-14-20(26(23-16)18-7-3-2-4-8-18)21(27)25-12-10-24(11-13-25)19-9-5-6-17(22)15-19/h2-9,14-15H,10-13H2,1H3. The van der Waals surface area contributed by atoms with Gasteiger partial charge in [0.05, 0.1) is 11.4 Å². The van der Waals surface area contributed by atoms with E-state index < -0.39 is 0 Å². The highest BCUT2D eigenvalue weighted by Gasteiger charge is 2.25. The molecule has 0 N–H and O–H groups in total. The van der Waals surface area contributed by atoms with Gasteiger partial charge < -0.3 is 9.80 Å². The number of piperazine rings is 1. The largest absolute Gasteiger partial charge is 0.368 e. The number of nitrogens with zero attached hydrogens (tertiary/aromatic N) is 4. The normalized spacial score (nSPS) is 14.4. The average Bonchev–Trinajstić information content (AvgIpc) is 3.10. The highest BCUT2D eigenvalue weighted by Crippen LogP contribution is 2.22. The van der Waals surface area contributed by atoms with Crippen molar-refractivity contribution in [3.8, 4) is 5.69 Å². The molecule has 5 nitrogen and oxygen atoms in total. The van der Waals surface area contributed by atoms with Crippen molar-refractivity contribution in [3.05, 3.63) is 76.5 Å². The van der Waals surface area contributed by atoms with Crippen LogP contribution in [0.4, 0.5) is 5.69 Å². The van der Waals surface area contributed by atoms with E-state index in [2.05, 4.69) is 38.1 Å². The third-order valence-electron chi connectivity index (χ3n) is 4.79. The Morgan fingerprint density at radius 2 is 1.63 bits per heavy atom. The molecule has 1 aromatic heterocycles. The van der Waals surface area contributed by atoms with Gasteiger partial charge in [0, 0.05) is 36.3 Å². The van der Waals surface area contributed by atoms with E-state index in [1.165, 1.54) is 5.69 Å². The maximum absolute atomic E-state index is 13.1. The summed E-state index contributed by atoms with van der Waals surface area (Å²) >= 11 is 3.53. The zero-order valence-electron chi connectivity index (χ0n) is 15.2. The molecule has 1 amide bonds. The van der Waals surface area contributed by atoms with Crippen molar-refractivity contribution < 1.29 is 4.79 Å². The molecule has 0 saturated carbocycles. The molecule has 27 heavy (non-hydrogen) atoms. The Balaban J connectivity index is 1.51. The maximum Gasteiger partial charge on any atom is 0.272 e. The van der Waals surface area contributed by atoms with E-state index in [-0.39, 0.29) is 5.91 Å². The van der Waals surface area contributed by atoms with Crippen LogP contribution < -0.4 is 4.90 Å². The average molecular weight is 425 g/mol. The number of carbonyl (C=O) groups excluding carboxylic acids is 1. The van der Waals surface area contributed by atoms with Crippen molar-refractivity contribution >= 4 is 27.5 Å². The molecule has 2 heterocycles. The van der Waals surface area contributed by atoms with Gasteiger partial charge in [0.25, 0.3) is 5.91 Å². The van der Waals surface area contributed by atoms with Crippen LogP contribution in [-0.2, 0) is 0 Å². The smallest absolute Gasteiger partial charge is 0.272 e. The van der Waals surface area contributed by atoms with Crippen LogP contribution in [0.25, 0.3) is 5.69 Å². The third-order valence-corrected chi connectivity index (χ3v) is 5.28. The van der Waals surface area contributed by atoms with Crippen molar-refractivity contribution in [2.45, 2.75) is 6.92 Å². The van der Waals surface area contributed by atoms with Crippen molar-refractivity contribution in [3.63, 3.8) is 0 Å². The number of halogens is 1. The zero-order valence-corrected chi connectivity index (χ0v) is 16.8. The van der Waals surface area contributed by atoms with E-state index in [9.17, 15) is 4.79 Å². The van der Waals surface area contributed by atoms with Crippen LogP contribution >= 0.6 is 15.9 Å². The predicted molar refractivity (Wildman–Crippen MR) is 111 cm³/mol. The summed E-state index contributed by atoms with van der Waals surface area (Å²) in [4.78, 5) is 17.4. The van der Waals surface area contributed by atoms with E-state index in [1.54, 1.807) is 4.68 Å². The molecule has 0 radical (unpaired) electrons. The molecule has 1 aliphatic heterocycles. The minimum absolute atomic E-state index is 0.0355. The third kappa shape index (κ3) is 3.76. The minimum Gasteiger partial charge on any atom is -0.368 e. The van der Waals surface area contributed by atoms with Crippen molar-refractivity contribution in [1.82, 2.24) is 14.7 Å². The summed E-state index contributed by atoms with van der Waals surface area (Å²) < 4.78 is 2.82. The second-order valence-corrected chi connectivity index (χ2v) is 7.59. The van der Waals surface area contributed by atoms with Crippen molar-refractivity contribution in [2.24, 2.45) is 0 Å². The second kappa shape index (κ2) is 7.56. The van der Waals surface area contributed by atoms with E-state index in [0.29, 0.717) is 18.8 Å². The van der Waals surface area contributed by atoms with Gasteiger partial charge in [-0.3, -0.25) is 4.79 Å². The lowest BCUT2D eigenvalue weighted by atomic mass is 10.2. The van der Waals surface area contributed by atoms with Crippen LogP contribution in [0.1, 0.15) is 16.2 Å². The molecule has 138 valence electrons. The Morgan fingerprint density at radius 3 is 2.33 bits per heavy atom. The van der Waals surface area contributed by atoms with Crippen LogP contribution in [0, 0.1) is 6.92 Å². The molecule has 6 heteroatoms. The monoisotopic (exact) mass is 424 g/mol. The maximum atomic E-state index is 13.1. The number of benzene rings is 2. The number of carbonyl (C=O) groups is 1. The van der Waals surface area contributed by atoms with Crippen LogP contribution in [0.3, 0.4) is 0 Å². The predicted octanol–water partition coefficient (Wildman–Crippen LogP) is 3.91. The van der Waals surface area contributed by atoms with Crippen LogP contribution in [0.5, 0.6) is 0 Å². The van der Waals surface area contributed by atoms with E-state index in [1.807, 2.05) is 60.4 Å². The first-order valence-electron chi connectivity index (χ1n) is 9.04. The summed E-state index contributed by atoms with van der Waals surface area (Å²) in [5.74, 6) is 0.0355. The van der Waals surface area contributed by atoms with Crippen molar-refractivity contribution in [2.75, 3.05) is 31.1 Å². The molecule has 1 aliphatic rings. The van der Waals surface area contributed by atoms with Crippen LogP contribution in [0.2, 0.25) is 0 Å². The number of hydrogen-bond donors (Lipinski definition) is 0. The molecule has 2 aromatic carbocycles. The number of rotatable bonds is 3. The highest BCUT2D eigenvalue weighted by atomic mass is 79.9. The van der Waals surface area contributed by atoms with Gasteiger partial charge in [-0.2, -0.15) is 5.10 Å². The fourth-order valence-electron chi connectivity index (χ4n) is 3.42. The number of para-hydroxylation sites is 1. The molecule has 0 aliphatic carbocycles. The first-order chi connectivity index (χ1) is 13.1. The number of anilines is 1. The van der Waals surface area contributed by atoms with E-state index >= 15 is 0 Å². The summed E-state index contributed by atoms with van der Waals surface area (Å²) in [7, 11) is 0. The first-order valence-corrected chi connectivity index (χ1v) is 9.83. The Kier molecular flexibility index (Phi) is 4.99. The van der Waals surface area contributed by atoms with E-state index in [4.69, 9.17) is 0 Å². The number of aromatic nitrogens is 2. The Labute approximate surface area is 167 Å². The molecule has 4 rings (SSSR count). The van der Waals surface area contributed by atoms with Gasteiger partial charge in [0.2, 0.25) is 0 Å². The van der Waals surface area contributed by atoms with Crippen LogP contribution in [0.15, 0.2) is 65.1 Å². The summed E-state index contributed by atoms with van der Waals surface area (Å²) in [6.45, 7) is 4.96. The quantitative estimate of drug-likeness (QED) is 0.639. The lowest BCUT2D eigenvalue weighted by Crippen LogP contribution is -2.49. The van der Waals surface area contributed by atoms with Gasteiger partial charge in [-0.05, 0) is 43.3 Å². The second-order valence-electron chi connectivity index (χ2n) is 6.68. The lowest BCUT2D eigenvalue weighted by Gasteiger charge is -2.36. The fraction of sp³-hybridized carbons (Fsp3) is 0.238. The van der Waals surface area contributed by atoms with Gasteiger partial charge in [-0.1, -0.05) is 40.2 Å². The molecule has 3 aromatic rings. The Hall–Kier alpha value is -2.60. The van der Waals surface area contributed by atoms with Crippen LogP contribution in [-0.4, -0.2) is 46.8 Å². The molecular formula is C21H21BrN4O. The minimum atomic E-state index is 0.0355. The van der Waals surface area contributed by atoms with E-state index in [0.717, 1.165) is 28.9 Å². The first kappa shape index (κ1) is 17.8. The van der Waals surface area contributed by atoms with Gasteiger partial charge in [0.1, 0.15) is 5.69 Å². The SMILES string of the molecule is Cc1cc(C(=O)N2CCN(c3cccc(Br)c3)CC2)n(-c2ccccc2)n1. The number of aryl methyl sites for hydroxylation is 1. The number of amides is 1. The number of hydrogen-bond acceptors (Lipinski definition) is 3.